The molecule has 0 saturated carbocycles. The van der Waals surface area contributed by atoms with Crippen LogP contribution >= 0.6 is 0 Å². The number of carbonyl (C=O) groups excluding carboxylic acids is 2. The molecule has 132 valence electrons. The van der Waals surface area contributed by atoms with Gasteiger partial charge in [-0.1, -0.05) is 48.0 Å². The summed E-state index contributed by atoms with van der Waals surface area (Å²) in [6.45, 7) is 4.58. The predicted octanol–water partition coefficient (Wildman–Crippen LogP) is 2.59. The van der Waals surface area contributed by atoms with Crippen LogP contribution in [0.4, 0.5) is 0 Å². The molecule has 5 nitrogen and oxygen atoms in total. The van der Waals surface area contributed by atoms with Gasteiger partial charge in [0.05, 0.1) is 0 Å². The lowest BCUT2D eigenvalue weighted by Gasteiger charge is -2.22. The quantitative estimate of drug-likeness (QED) is 0.803. The highest BCUT2D eigenvalue weighted by Crippen LogP contribution is 2.19. The molecule has 0 unspecified atom stereocenters. The van der Waals surface area contributed by atoms with Gasteiger partial charge in [0.1, 0.15) is 5.75 Å². The number of nitrogens with zero attached hydrogens (tertiary/aromatic N) is 1. The molecule has 0 radical (unpaired) electrons. The van der Waals surface area contributed by atoms with Gasteiger partial charge in [-0.05, 0) is 31.0 Å². The van der Waals surface area contributed by atoms with Gasteiger partial charge in [0.25, 0.3) is 5.91 Å². The van der Waals surface area contributed by atoms with Crippen LogP contribution in [0.3, 0.4) is 0 Å². The Morgan fingerprint density at radius 3 is 2.44 bits per heavy atom. The number of benzene rings is 2. The van der Waals surface area contributed by atoms with E-state index in [1.165, 1.54) is 0 Å². The van der Waals surface area contributed by atoms with Crippen molar-refractivity contribution >= 4 is 11.8 Å². The summed E-state index contributed by atoms with van der Waals surface area (Å²) in [5.74, 6) is 0.0831. The van der Waals surface area contributed by atoms with Crippen molar-refractivity contribution in [3.05, 3.63) is 65.2 Å². The average molecular weight is 340 g/mol. The van der Waals surface area contributed by atoms with Crippen LogP contribution in [0.5, 0.6) is 5.75 Å². The van der Waals surface area contributed by atoms with Crippen molar-refractivity contribution in [1.29, 1.82) is 0 Å². The van der Waals surface area contributed by atoms with Gasteiger partial charge < -0.3 is 15.4 Å². The van der Waals surface area contributed by atoms with Crippen LogP contribution in [-0.4, -0.2) is 29.9 Å². The van der Waals surface area contributed by atoms with Crippen molar-refractivity contribution in [2.45, 2.75) is 26.8 Å². The van der Waals surface area contributed by atoms with E-state index in [0.29, 0.717) is 12.3 Å². The van der Waals surface area contributed by atoms with E-state index in [2.05, 4.69) is 0 Å². The molecule has 0 bridgehead atoms. The molecular formula is C20H24N2O3. The maximum atomic E-state index is 12.6. The smallest absolute Gasteiger partial charge is 0.260 e. The lowest BCUT2D eigenvalue weighted by Crippen LogP contribution is -2.36. The number of hydrogen-bond acceptors (Lipinski definition) is 3. The Morgan fingerprint density at radius 1 is 1.08 bits per heavy atom. The van der Waals surface area contributed by atoms with Gasteiger partial charge in [0.2, 0.25) is 5.91 Å². The molecule has 0 atom stereocenters. The Kier molecular flexibility index (Phi) is 6.57. The molecule has 0 aliphatic heterocycles. The van der Waals surface area contributed by atoms with Gasteiger partial charge in [-0.15, -0.1) is 0 Å². The first-order chi connectivity index (χ1) is 12.0. The summed E-state index contributed by atoms with van der Waals surface area (Å²) in [5, 5.41) is 0. The van der Waals surface area contributed by atoms with Gasteiger partial charge >= 0.3 is 0 Å². The van der Waals surface area contributed by atoms with Crippen LogP contribution < -0.4 is 10.5 Å². The summed E-state index contributed by atoms with van der Waals surface area (Å²) in [6.07, 6.45) is 0.127. The van der Waals surface area contributed by atoms with Gasteiger partial charge in [0.15, 0.2) is 6.61 Å². The maximum Gasteiger partial charge on any atom is 0.260 e. The summed E-state index contributed by atoms with van der Waals surface area (Å²) < 4.78 is 5.67. The number of rotatable bonds is 8. The number of amides is 2. The molecule has 25 heavy (non-hydrogen) atoms. The van der Waals surface area contributed by atoms with Crippen LogP contribution in [0, 0.1) is 13.8 Å². The number of nitrogens with two attached hydrogens (primary N) is 1. The molecule has 0 fully saturated rings. The van der Waals surface area contributed by atoms with E-state index in [4.69, 9.17) is 10.5 Å². The summed E-state index contributed by atoms with van der Waals surface area (Å²) in [4.78, 5) is 25.2. The van der Waals surface area contributed by atoms with Crippen molar-refractivity contribution < 1.29 is 14.3 Å². The SMILES string of the molecule is Cc1ccc(OCC(=O)N(CCC(N)=O)Cc2ccccc2)c(C)c1. The summed E-state index contributed by atoms with van der Waals surface area (Å²) in [7, 11) is 0. The van der Waals surface area contributed by atoms with E-state index in [0.717, 1.165) is 16.7 Å². The van der Waals surface area contributed by atoms with E-state index < -0.39 is 5.91 Å². The van der Waals surface area contributed by atoms with E-state index in [1.54, 1.807) is 4.90 Å². The van der Waals surface area contributed by atoms with Crippen molar-refractivity contribution in [3.8, 4) is 5.75 Å². The number of ether oxygens (including phenoxy) is 1. The Balaban J connectivity index is 2.02. The molecule has 2 N–H and O–H groups in total. The summed E-state index contributed by atoms with van der Waals surface area (Å²) >= 11 is 0. The summed E-state index contributed by atoms with van der Waals surface area (Å²) in [5.41, 5.74) is 8.35. The molecule has 0 saturated heterocycles. The molecule has 0 aliphatic carbocycles. The molecule has 2 aromatic rings. The van der Waals surface area contributed by atoms with Gasteiger partial charge in [-0.25, -0.2) is 0 Å². The summed E-state index contributed by atoms with van der Waals surface area (Å²) in [6, 6.07) is 15.4. The standard InChI is InChI=1S/C20H24N2O3/c1-15-8-9-18(16(2)12-15)25-14-20(24)22(11-10-19(21)23)13-17-6-4-3-5-7-17/h3-9,12H,10-11,13-14H2,1-2H3,(H2,21,23). The monoisotopic (exact) mass is 340 g/mol. The fourth-order valence-corrected chi connectivity index (χ4v) is 2.53. The number of hydrogen-bond donors (Lipinski definition) is 1. The Hall–Kier alpha value is -2.82. The predicted molar refractivity (Wildman–Crippen MR) is 97.1 cm³/mol. The van der Waals surface area contributed by atoms with Crippen molar-refractivity contribution in [3.63, 3.8) is 0 Å². The highest BCUT2D eigenvalue weighted by Gasteiger charge is 2.16. The number of primary amides is 1. The Bertz CT molecular complexity index is 729. The second-order valence-electron chi connectivity index (χ2n) is 6.07. The first-order valence-corrected chi connectivity index (χ1v) is 8.26. The van der Waals surface area contributed by atoms with Crippen molar-refractivity contribution in [2.24, 2.45) is 5.73 Å². The lowest BCUT2D eigenvalue weighted by atomic mass is 10.1. The van der Waals surface area contributed by atoms with Gasteiger partial charge in [0, 0.05) is 19.5 Å². The lowest BCUT2D eigenvalue weighted by molar-refractivity contribution is -0.134. The molecule has 2 aromatic carbocycles. The highest BCUT2D eigenvalue weighted by molar-refractivity contribution is 5.79. The fraction of sp³-hybridized carbons (Fsp3) is 0.300. The van der Waals surface area contributed by atoms with Crippen LogP contribution in [0.2, 0.25) is 0 Å². The molecule has 0 aliphatic rings. The zero-order valence-corrected chi connectivity index (χ0v) is 14.7. The van der Waals surface area contributed by atoms with Crippen LogP contribution in [0.1, 0.15) is 23.1 Å². The molecule has 0 aromatic heterocycles. The van der Waals surface area contributed by atoms with E-state index in [-0.39, 0.29) is 25.5 Å². The maximum absolute atomic E-state index is 12.6. The van der Waals surface area contributed by atoms with E-state index >= 15 is 0 Å². The first kappa shape index (κ1) is 18.5. The molecule has 5 heteroatoms. The third-order valence-corrected chi connectivity index (χ3v) is 3.88. The normalized spacial score (nSPS) is 10.3. The number of aryl methyl sites for hydroxylation is 2. The van der Waals surface area contributed by atoms with Crippen molar-refractivity contribution in [1.82, 2.24) is 4.90 Å². The zero-order valence-electron chi connectivity index (χ0n) is 14.7. The third kappa shape index (κ3) is 5.95. The van der Waals surface area contributed by atoms with Crippen molar-refractivity contribution in [2.75, 3.05) is 13.2 Å². The largest absolute Gasteiger partial charge is 0.484 e. The minimum atomic E-state index is -0.429. The topological polar surface area (TPSA) is 72.6 Å². The van der Waals surface area contributed by atoms with Gasteiger partial charge in [-0.2, -0.15) is 0 Å². The molecule has 0 spiro atoms. The first-order valence-electron chi connectivity index (χ1n) is 8.26. The van der Waals surface area contributed by atoms with E-state index in [1.807, 2.05) is 62.4 Å². The third-order valence-electron chi connectivity index (χ3n) is 3.88. The zero-order chi connectivity index (χ0) is 18.2. The Labute approximate surface area is 148 Å². The second kappa shape index (κ2) is 8.87. The van der Waals surface area contributed by atoms with Crippen LogP contribution in [0.25, 0.3) is 0 Å². The second-order valence-corrected chi connectivity index (χ2v) is 6.07. The molecule has 0 heterocycles. The Morgan fingerprint density at radius 2 is 1.80 bits per heavy atom. The minimum Gasteiger partial charge on any atom is -0.484 e. The molecule has 2 amide bonds. The van der Waals surface area contributed by atoms with Crippen LogP contribution in [0.15, 0.2) is 48.5 Å². The highest BCUT2D eigenvalue weighted by atomic mass is 16.5. The minimum absolute atomic E-state index is 0.0739. The number of carbonyl (C=O) groups is 2. The molecule has 2 rings (SSSR count). The fourth-order valence-electron chi connectivity index (χ4n) is 2.53. The molecular weight excluding hydrogens is 316 g/mol. The van der Waals surface area contributed by atoms with Crippen LogP contribution in [-0.2, 0) is 16.1 Å². The van der Waals surface area contributed by atoms with Gasteiger partial charge in [-0.3, -0.25) is 9.59 Å². The van der Waals surface area contributed by atoms with E-state index in [9.17, 15) is 9.59 Å². The average Bonchev–Trinajstić information content (AvgIpc) is 2.58.